The van der Waals surface area contributed by atoms with E-state index >= 15 is 0 Å². The van der Waals surface area contributed by atoms with E-state index in [0.717, 1.165) is 11.1 Å². The smallest absolute Gasteiger partial charge is 0.259 e. The van der Waals surface area contributed by atoms with E-state index in [0.29, 0.717) is 11.3 Å². The van der Waals surface area contributed by atoms with Crippen LogP contribution in [0.25, 0.3) is 11.1 Å². The molecule has 0 unspecified atom stereocenters. The van der Waals surface area contributed by atoms with Crippen LogP contribution in [-0.4, -0.2) is 10.1 Å². The largest absolute Gasteiger partial charge is 0.507 e. The van der Waals surface area contributed by atoms with Gasteiger partial charge >= 0.3 is 0 Å². The normalized spacial score (nSPS) is 10.4. The van der Waals surface area contributed by atoms with Crippen molar-refractivity contribution in [1.82, 2.24) is 4.98 Å². The Kier molecular flexibility index (Phi) is 2.52. The zero-order valence-electron chi connectivity index (χ0n) is 9.24. The van der Waals surface area contributed by atoms with E-state index < -0.39 is 0 Å². The molecule has 0 saturated carbocycles. The molecule has 0 radical (unpaired) electrons. The Bertz CT molecular complexity index is 567. The molecule has 82 valence electrons. The first-order valence-corrected chi connectivity index (χ1v) is 5.08. The van der Waals surface area contributed by atoms with E-state index in [4.69, 9.17) is 0 Å². The van der Waals surface area contributed by atoms with Gasteiger partial charge in [-0.25, -0.2) is 0 Å². The highest BCUT2D eigenvalue weighted by Gasteiger charge is 2.09. The molecule has 1 heterocycles. The Labute approximate surface area is 93.4 Å². The summed E-state index contributed by atoms with van der Waals surface area (Å²) in [7, 11) is 0. The number of hydrogen-bond acceptors (Lipinski definition) is 2. The van der Waals surface area contributed by atoms with Crippen LogP contribution in [0.4, 0.5) is 0 Å². The van der Waals surface area contributed by atoms with Crippen molar-refractivity contribution >= 4 is 0 Å². The molecule has 0 saturated heterocycles. The molecule has 2 rings (SSSR count). The molecule has 2 aromatic rings. The van der Waals surface area contributed by atoms with E-state index in [1.54, 1.807) is 13.0 Å². The minimum Gasteiger partial charge on any atom is -0.507 e. The van der Waals surface area contributed by atoms with Gasteiger partial charge in [-0.05, 0) is 25.5 Å². The lowest BCUT2D eigenvalue weighted by Gasteiger charge is -2.05. The molecule has 1 aromatic heterocycles. The van der Waals surface area contributed by atoms with Gasteiger partial charge in [0.2, 0.25) is 0 Å². The van der Waals surface area contributed by atoms with Gasteiger partial charge in [0.25, 0.3) is 5.56 Å². The topological polar surface area (TPSA) is 53.1 Å². The summed E-state index contributed by atoms with van der Waals surface area (Å²) < 4.78 is 0. The van der Waals surface area contributed by atoms with Crippen LogP contribution in [-0.2, 0) is 0 Å². The third-order valence-corrected chi connectivity index (χ3v) is 2.49. The van der Waals surface area contributed by atoms with Crippen LogP contribution in [0.2, 0.25) is 0 Å². The molecular formula is C13H13NO2. The van der Waals surface area contributed by atoms with Gasteiger partial charge in [-0.1, -0.05) is 29.8 Å². The van der Waals surface area contributed by atoms with Crippen molar-refractivity contribution < 1.29 is 5.11 Å². The zero-order valence-corrected chi connectivity index (χ0v) is 9.24. The Hall–Kier alpha value is -2.03. The van der Waals surface area contributed by atoms with Crippen molar-refractivity contribution in [2.24, 2.45) is 0 Å². The first kappa shape index (κ1) is 10.5. The van der Waals surface area contributed by atoms with Crippen molar-refractivity contribution in [3.05, 3.63) is 51.9 Å². The van der Waals surface area contributed by atoms with Crippen molar-refractivity contribution in [2.45, 2.75) is 13.8 Å². The van der Waals surface area contributed by atoms with Crippen LogP contribution >= 0.6 is 0 Å². The Balaban J connectivity index is 2.65. The Morgan fingerprint density at radius 2 is 1.75 bits per heavy atom. The molecule has 0 aliphatic carbocycles. The summed E-state index contributed by atoms with van der Waals surface area (Å²) in [5, 5.41) is 9.77. The van der Waals surface area contributed by atoms with Crippen molar-refractivity contribution in [3.63, 3.8) is 0 Å². The van der Waals surface area contributed by atoms with Gasteiger partial charge < -0.3 is 10.1 Å². The van der Waals surface area contributed by atoms with Crippen LogP contribution < -0.4 is 5.56 Å². The molecule has 1 aromatic carbocycles. The summed E-state index contributed by atoms with van der Waals surface area (Å²) in [6, 6.07) is 9.03. The maximum absolute atomic E-state index is 11.7. The monoisotopic (exact) mass is 215 g/mol. The summed E-state index contributed by atoms with van der Waals surface area (Å²) in [6.45, 7) is 3.71. The van der Waals surface area contributed by atoms with E-state index in [1.807, 2.05) is 31.2 Å². The van der Waals surface area contributed by atoms with Gasteiger partial charge in [-0.15, -0.1) is 0 Å². The molecule has 3 heteroatoms. The standard InChI is InChI=1S/C13H13NO2/c1-8-3-5-10(6-4-8)12-11(15)7-9(2)14-13(12)16/h3-7H,1-2H3,(H2,14,15,16). The highest BCUT2D eigenvalue weighted by molar-refractivity contribution is 5.69. The lowest BCUT2D eigenvalue weighted by molar-refractivity contribution is 0.475. The molecule has 16 heavy (non-hydrogen) atoms. The quantitative estimate of drug-likeness (QED) is 0.767. The highest BCUT2D eigenvalue weighted by Crippen LogP contribution is 2.25. The van der Waals surface area contributed by atoms with Crippen LogP contribution in [0.5, 0.6) is 5.75 Å². The van der Waals surface area contributed by atoms with Crippen molar-refractivity contribution in [1.29, 1.82) is 0 Å². The second-order valence-electron chi connectivity index (χ2n) is 3.91. The lowest BCUT2D eigenvalue weighted by atomic mass is 10.0. The van der Waals surface area contributed by atoms with Crippen LogP contribution in [0.15, 0.2) is 35.1 Å². The maximum Gasteiger partial charge on any atom is 0.259 e. The fourth-order valence-electron chi connectivity index (χ4n) is 1.67. The summed E-state index contributed by atoms with van der Waals surface area (Å²) in [6.07, 6.45) is 0. The summed E-state index contributed by atoms with van der Waals surface area (Å²) >= 11 is 0. The highest BCUT2D eigenvalue weighted by atomic mass is 16.3. The first-order valence-electron chi connectivity index (χ1n) is 5.08. The van der Waals surface area contributed by atoms with Gasteiger partial charge in [0.15, 0.2) is 0 Å². The molecule has 3 nitrogen and oxygen atoms in total. The second-order valence-corrected chi connectivity index (χ2v) is 3.91. The second kappa shape index (κ2) is 3.85. The molecule has 0 amide bonds. The molecule has 0 aliphatic rings. The number of aromatic nitrogens is 1. The SMILES string of the molecule is Cc1ccc(-c2c(O)cc(C)[nH]c2=O)cc1. The molecule has 0 atom stereocenters. The van der Waals surface area contributed by atoms with Crippen molar-refractivity contribution in [2.75, 3.05) is 0 Å². The third-order valence-electron chi connectivity index (χ3n) is 2.49. The molecular weight excluding hydrogens is 202 g/mol. The molecule has 0 bridgehead atoms. The fraction of sp³-hybridized carbons (Fsp3) is 0.154. The number of aromatic amines is 1. The molecule has 0 spiro atoms. The van der Waals surface area contributed by atoms with Gasteiger partial charge in [0.1, 0.15) is 5.75 Å². The average Bonchev–Trinajstić information content (AvgIpc) is 2.19. The number of aromatic hydroxyl groups is 1. The lowest BCUT2D eigenvalue weighted by Crippen LogP contribution is -2.10. The van der Waals surface area contributed by atoms with Crippen LogP contribution in [0.1, 0.15) is 11.3 Å². The van der Waals surface area contributed by atoms with Gasteiger partial charge in [-0.3, -0.25) is 4.79 Å². The molecule has 2 N–H and O–H groups in total. The summed E-state index contributed by atoms with van der Waals surface area (Å²) in [4.78, 5) is 14.4. The Morgan fingerprint density at radius 3 is 2.31 bits per heavy atom. The number of aryl methyl sites for hydroxylation is 2. The molecule has 0 fully saturated rings. The predicted octanol–water partition coefficient (Wildman–Crippen LogP) is 2.36. The zero-order chi connectivity index (χ0) is 11.7. The van der Waals surface area contributed by atoms with Gasteiger partial charge in [0.05, 0.1) is 5.56 Å². The number of H-pyrrole nitrogens is 1. The number of benzene rings is 1. The van der Waals surface area contributed by atoms with E-state index in [2.05, 4.69) is 4.98 Å². The van der Waals surface area contributed by atoms with Crippen LogP contribution in [0.3, 0.4) is 0 Å². The maximum atomic E-state index is 11.7. The Morgan fingerprint density at radius 1 is 1.12 bits per heavy atom. The van der Waals surface area contributed by atoms with Gasteiger partial charge in [0, 0.05) is 5.69 Å². The number of rotatable bonds is 1. The average molecular weight is 215 g/mol. The number of hydrogen-bond donors (Lipinski definition) is 2. The minimum absolute atomic E-state index is 0.0186. The predicted molar refractivity (Wildman–Crippen MR) is 63.6 cm³/mol. The first-order chi connectivity index (χ1) is 7.58. The van der Waals surface area contributed by atoms with Crippen LogP contribution in [0, 0.1) is 13.8 Å². The fourth-order valence-corrected chi connectivity index (χ4v) is 1.67. The third kappa shape index (κ3) is 1.84. The van der Waals surface area contributed by atoms with Gasteiger partial charge in [-0.2, -0.15) is 0 Å². The molecule has 0 aliphatic heterocycles. The minimum atomic E-state index is -0.263. The van der Waals surface area contributed by atoms with E-state index in [-0.39, 0.29) is 11.3 Å². The van der Waals surface area contributed by atoms with Crippen molar-refractivity contribution in [3.8, 4) is 16.9 Å². The number of nitrogens with one attached hydrogen (secondary N) is 1. The number of pyridine rings is 1. The van der Waals surface area contributed by atoms with E-state index in [1.165, 1.54) is 0 Å². The van der Waals surface area contributed by atoms with E-state index in [9.17, 15) is 9.90 Å². The summed E-state index contributed by atoms with van der Waals surface area (Å²) in [5.74, 6) is 0.0186. The summed E-state index contributed by atoms with van der Waals surface area (Å²) in [5.41, 5.74) is 2.56.